The summed E-state index contributed by atoms with van der Waals surface area (Å²) in [5.41, 5.74) is 7.82. The van der Waals surface area contributed by atoms with Crippen LogP contribution in [0.15, 0.2) is 65.9 Å². The normalized spacial score (nSPS) is 12.0. The van der Waals surface area contributed by atoms with Crippen molar-refractivity contribution in [2.45, 2.75) is 6.04 Å². The van der Waals surface area contributed by atoms with E-state index < -0.39 is 0 Å². The maximum absolute atomic E-state index is 6.12. The molecule has 1 heterocycles. The van der Waals surface area contributed by atoms with Crippen LogP contribution in [-0.2, 0) is 0 Å². The Kier molecular flexibility index (Phi) is 8.59. The zero-order valence-corrected chi connectivity index (χ0v) is 19.2. The third kappa shape index (κ3) is 6.01. The van der Waals surface area contributed by atoms with E-state index in [1.165, 1.54) is 0 Å². The fourth-order valence-electron chi connectivity index (χ4n) is 2.77. The molecule has 0 amide bonds. The molecule has 0 aliphatic heterocycles. The number of halogens is 2. The van der Waals surface area contributed by atoms with Crippen LogP contribution in [-0.4, -0.2) is 36.5 Å². The van der Waals surface area contributed by atoms with Crippen molar-refractivity contribution in [3.05, 3.63) is 71.5 Å². The number of ether oxygens (including phenoxy) is 2. The number of nitrogens with two attached hydrogens (primary N) is 1. The zero-order valence-electron chi connectivity index (χ0n) is 16.1. The molecule has 0 aliphatic carbocycles. The smallest absolute Gasteiger partial charge is 0.193 e. The topological polar surface area (TPSA) is 86.7 Å². The van der Waals surface area contributed by atoms with Gasteiger partial charge in [-0.25, -0.2) is 0 Å². The molecule has 0 radical (unpaired) electrons. The molecule has 2 aromatic carbocycles. The Morgan fingerprint density at radius 3 is 2.59 bits per heavy atom. The van der Waals surface area contributed by atoms with Crippen molar-refractivity contribution in [1.29, 1.82) is 0 Å². The lowest BCUT2D eigenvalue weighted by molar-refractivity contribution is 0.405. The van der Waals surface area contributed by atoms with Crippen molar-refractivity contribution in [1.82, 2.24) is 9.78 Å². The molecule has 3 rings (SSSR count). The van der Waals surface area contributed by atoms with Crippen LogP contribution < -0.4 is 20.5 Å². The maximum atomic E-state index is 6.12. The van der Waals surface area contributed by atoms with Crippen LogP contribution >= 0.6 is 35.6 Å². The summed E-state index contributed by atoms with van der Waals surface area (Å²) in [5, 5.41) is 8.09. The average molecular weight is 528 g/mol. The highest BCUT2D eigenvalue weighted by atomic mass is 127. The minimum atomic E-state index is -0.111. The molecule has 29 heavy (non-hydrogen) atoms. The zero-order chi connectivity index (χ0) is 19.9. The number of guanidine groups is 1. The second-order valence-electron chi connectivity index (χ2n) is 5.97. The molecule has 3 N–H and O–H groups in total. The van der Waals surface area contributed by atoms with Gasteiger partial charge in [0.15, 0.2) is 5.96 Å². The molecule has 154 valence electrons. The molecule has 3 aromatic rings. The van der Waals surface area contributed by atoms with Gasteiger partial charge in [-0.05, 0) is 35.9 Å². The Bertz CT molecular complexity index is 933. The largest absolute Gasteiger partial charge is 0.497 e. The van der Waals surface area contributed by atoms with E-state index in [1.807, 2.05) is 47.3 Å². The van der Waals surface area contributed by atoms with Gasteiger partial charge in [-0.3, -0.25) is 9.67 Å². The van der Waals surface area contributed by atoms with Crippen LogP contribution in [0.1, 0.15) is 11.6 Å². The highest BCUT2D eigenvalue weighted by Gasteiger charge is 2.14. The summed E-state index contributed by atoms with van der Waals surface area (Å²) in [7, 11) is 3.19. The van der Waals surface area contributed by atoms with E-state index in [1.54, 1.807) is 32.5 Å². The lowest BCUT2D eigenvalue weighted by atomic mass is 10.1. The minimum Gasteiger partial charge on any atom is -0.497 e. The number of benzene rings is 2. The molecule has 0 fully saturated rings. The molecule has 9 heteroatoms. The first-order valence-electron chi connectivity index (χ1n) is 8.64. The number of hydrogen-bond acceptors (Lipinski definition) is 4. The van der Waals surface area contributed by atoms with Crippen LogP contribution in [0.3, 0.4) is 0 Å². The fraction of sp³-hybridized carbons (Fsp3) is 0.200. The van der Waals surface area contributed by atoms with Crippen LogP contribution in [0.2, 0.25) is 5.02 Å². The number of methoxy groups -OCH3 is 2. The Labute approximate surface area is 191 Å². The van der Waals surface area contributed by atoms with E-state index in [0.717, 1.165) is 5.56 Å². The third-order valence-electron chi connectivity index (χ3n) is 4.20. The first kappa shape index (κ1) is 22.8. The van der Waals surface area contributed by atoms with Gasteiger partial charge in [-0.15, -0.1) is 24.0 Å². The Balaban J connectivity index is 0.00000300. The summed E-state index contributed by atoms with van der Waals surface area (Å²) in [5.74, 6) is 1.59. The lowest BCUT2D eigenvalue weighted by Gasteiger charge is -2.17. The van der Waals surface area contributed by atoms with Crippen LogP contribution in [0, 0.1) is 0 Å². The molecule has 0 saturated heterocycles. The van der Waals surface area contributed by atoms with E-state index in [-0.39, 0.29) is 36.0 Å². The molecule has 0 saturated carbocycles. The van der Waals surface area contributed by atoms with Gasteiger partial charge < -0.3 is 20.5 Å². The fourth-order valence-corrected chi connectivity index (χ4v) is 2.89. The van der Waals surface area contributed by atoms with Gasteiger partial charge >= 0.3 is 0 Å². The maximum Gasteiger partial charge on any atom is 0.193 e. The van der Waals surface area contributed by atoms with E-state index in [4.69, 9.17) is 26.8 Å². The summed E-state index contributed by atoms with van der Waals surface area (Å²) in [6.45, 7) is 0.397. The molecule has 1 unspecified atom stereocenters. The molecule has 0 aliphatic rings. The van der Waals surface area contributed by atoms with Gasteiger partial charge in [-0.1, -0.05) is 23.7 Å². The van der Waals surface area contributed by atoms with Crippen molar-refractivity contribution in [3.63, 3.8) is 0 Å². The SMILES string of the molecule is COc1ccc(OC)c(NC(N)=NCC(c2ccc(Cl)cc2)n2cccn2)c1.I. The van der Waals surface area contributed by atoms with Gasteiger partial charge in [0.1, 0.15) is 11.5 Å². The monoisotopic (exact) mass is 527 g/mol. The predicted molar refractivity (Wildman–Crippen MR) is 127 cm³/mol. The molecular formula is C20H23ClIN5O2. The summed E-state index contributed by atoms with van der Waals surface area (Å²) in [6, 6.07) is 14.8. The standard InChI is InChI=1S/C20H22ClN5O2.HI/c1-27-16-8-9-19(28-2)17(12-16)25-20(22)23-13-18(26-11-3-10-24-26)14-4-6-15(21)7-5-14;/h3-12,18H,13H2,1-2H3,(H3,22,23,25);1H. The van der Waals surface area contributed by atoms with Crippen LogP contribution in [0.25, 0.3) is 0 Å². The van der Waals surface area contributed by atoms with E-state index in [0.29, 0.717) is 28.8 Å². The second kappa shape index (κ2) is 10.9. The quantitative estimate of drug-likeness (QED) is 0.273. The number of anilines is 1. The van der Waals surface area contributed by atoms with Gasteiger partial charge in [0.2, 0.25) is 0 Å². The van der Waals surface area contributed by atoms with E-state index >= 15 is 0 Å². The van der Waals surface area contributed by atoms with Gasteiger partial charge in [0, 0.05) is 23.5 Å². The predicted octanol–water partition coefficient (Wildman–Crippen LogP) is 4.19. The minimum absolute atomic E-state index is 0. The third-order valence-corrected chi connectivity index (χ3v) is 4.45. The number of rotatable bonds is 7. The Hall–Kier alpha value is -2.46. The van der Waals surface area contributed by atoms with Crippen molar-refractivity contribution in [2.24, 2.45) is 10.7 Å². The average Bonchev–Trinajstić information content (AvgIpc) is 3.24. The summed E-state index contributed by atoms with van der Waals surface area (Å²) in [4.78, 5) is 4.50. The summed E-state index contributed by atoms with van der Waals surface area (Å²) < 4.78 is 12.4. The summed E-state index contributed by atoms with van der Waals surface area (Å²) in [6.07, 6.45) is 3.62. The first-order valence-corrected chi connectivity index (χ1v) is 9.02. The number of nitrogens with zero attached hydrogens (tertiary/aromatic N) is 3. The highest BCUT2D eigenvalue weighted by molar-refractivity contribution is 14.0. The molecule has 0 bridgehead atoms. The van der Waals surface area contributed by atoms with E-state index in [9.17, 15) is 0 Å². The molecule has 0 spiro atoms. The Morgan fingerprint density at radius 1 is 1.21 bits per heavy atom. The molecule has 1 atom stereocenters. The highest BCUT2D eigenvalue weighted by Crippen LogP contribution is 2.28. The molecule has 7 nitrogen and oxygen atoms in total. The van der Waals surface area contributed by atoms with Crippen molar-refractivity contribution in [2.75, 3.05) is 26.1 Å². The second-order valence-corrected chi connectivity index (χ2v) is 6.41. The van der Waals surface area contributed by atoms with Crippen molar-refractivity contribution in [3.8, 4) is 11.5 Å². The van der Waals surface area contributed by atoms with Gasteiger partial charge in [-0.2, -0.15) is 5.10 Å². The van der Waals surface area contributed by atoms with E-state index in [2.05, 4.69) is 15.4 Å². The van der Waals surface area contributed by atoms with Crippen molar-refractivity contribution < 1.29 is 9.47 Å². The van der Waals surface area contributed by atoms with Crippen LogP contribution in [0.5, 0.6) is 11.5 Å². The van der Waals surface area contributed by atoms with Gasteiger partial charge in [0.25, 0.3) is 0 Å². The number of aliphatic imine (C=N–C) groups is 1. The number of hydrogen-bond donors (Lipinski definition) is 2. The lowest BCUT2D eigenvalue weighted by Crippen LogP contribution is -2.25. The molecular weight excluding hydrogens is 505 g/mol. The first-order chi connectivity index (χ1) is 13.6. The summed E-state index contributed by atoms with van der Waals surface area (Å²) >= 11 is 6.01. The Morgan fingerprint density at radius 2 is 1.97 bits per heavy atom. The van der Waals surface area contributed by atoms with Crippen molar-refractivity contribution >= 4 is 47.2 Å². The molecule has 1 aromatic heterocycles. The number of nitrogens with one attached hydrogen (secondary N) is 1. The number of aromatic nitrogens is 2. The van der Waals surface area contributed by atoms with Crippen LogP contribution in [0.4, 0.5) is 5.69 Å². The van der Waals surface area contributed by atoms with Gasteiger partial charge in [0.05, 0.1) is 32.5 Å².